The van der Waals surface area contributed by atoms with Gasteiger partial charge in [0, 0.05) is 12.5 Å². The van der Waals surface area contributed by atoms with Crippen LogP contribution in [0.5, 0.6) is 0 Å². The van der Waals surface area contributed by atoms with Gasteiger partial charge in [-0.1, -0.05) is 31.5 Å². The van der Waals surface area contributed by atoms with Crippen molar-refractivity contribution in [2.75, 3.05) is 0 Å². The molecular formula is C15H21NO2. The molecule has 98 valence electrons. The third kappa shape index (κ3) is 3.69. The summed E-state index contributed by atoms with van der Waals surface area (Å²) in [4.78, 5) is 10.8. The molecule has 0 saturated heterocycles. The molecule has 3 nitrogen and oxygen atoms in total. The maximum absolute atomic E-state index is 11.1. The molecule has 1 aromatic carbocycles. The Hall–Kier alpha value is -1.64. The lowest BCUT2D eigenvalue weighted by Crippen LogP contribution is -2.03. The lowest BCUT2D eigenvalue weighted by molar-refractivity contribution is -0.427. The normalized spacial score (nSPS) is 12.0. The molecular weight excluding hydrogens is 226 g/mol. The summed E-state index contributed by atoms with van der Waals surface area (Å²) in [6.07, 6.45) is 2.23. The van der Waals surface area contributed by atoms with E-state index in [1.807, 2.05) is 34.6 Å². The second kappa shape index (κ2) is 5.80. The van der Waals surface area contributed by atoms with E-state index in [0.29, 0.717) is 12.1 Å². The molecule has 0 unspecified atom stereocenters. The fourth-order valence-electron chi connectivity index (χ4n) is 2.19. The molecule has 0 aliphatic heterocycles. The van der Waals surface area contributed by atoms with Crippen molar-refractivity contribution < 1.29 is 4.92 Å². The molecule has 0 heterocycles. The molecule has 0 aromatic heterocycles. The smallest absolute Gasteiger partial charge is 0.247 e. The van der Waals surface area contributed by atoms with E-state index in [4.69, 9.17) is 0 Å². The van der Waals surface area contributed by atoms with Gasteiger partial charge in [-0.15, -0.1) is 0 Å². The Kier molecular flexibility index (Phi) is 4.65. The van der Waals surface area contributed by atoms with E-state index in [9.17, 15) is 10.1 Å². The number of allylic oxidation sites excluding steroid dienone is 1. The Morgan fingerprint density at radius 1 is 1.28 bits per heavy atom. The molecule has 0 spiro atoms. The van der Waals surface area contributed by atoms with E-state index < -0.39 is 0 Å². The topological polar surface area (TPSA) is 43.1 Å². The molecule has 0 atom stereocenters. The third-order valence-electron chi connectivity index (χ3n) is 2.90. The van der Waals surface area contributed by atoms with E-state index in [1.54, 1.807) is 6.08 Å². The van der Waals surface area contributed by atoms with Crippen LogP contribution in [-0.2, 0) is 0 Å². The van der Waals surface area contributed by atoms with Crippen molar-refractivity contribution in [3.05, 3.63) is 50.2 Å². The predicted octanol–water partition coefficient (Wildman–Crippen LogP) is 4.28. The highest BCUT2D eigenvalue weighted by Gasteiger charge is 2.14. The molecule has 0 radical (unpaired) electrons. The van der Waals surface area contributed by atoms with Gasteiger partial charge in [0.05, 0.1) is 4.92 Å². The van der Waals surface area contributed by atoms with E-state index in [1.165, 1.54) is 5.56 Å². The Balaban J connectivity index is 3.24. The molecule has 3 heteroatoms. The van der Waals surface area contributed by atoms with Gasteiger partial charge in [0.15, 0.2) is 0 Å². The molecule has 0 aliphatic carbocycles. The van der Waals surface area contributed by atoms with Crippen LogP contribution in [0.2, 0.25) is 0 Å². The van der Waals surface area contributed by atoms with Crippen LogP contribution in [0.3, 0.4) is 0 Å². The third-order valence-corrected chi connectivity index (χ3v) is 2.90. The van der Waals surface area contributed by atoms with Crippen molar-refractivity contribution >= 4 is 6.08 Å². The molecule has 18 heavy (non-hydrogen) atoms. The number of hydrogen-bond donors (Lipinski definition) is 0. The van der Waals surface area contributed by atoms with Gasteiger partial charge in [-0.05, 0) is 43.4 Å². The SMILES string of the molecule is Cc1cc(C)c(C=C(CC(C)C)[N+](=O)[O-])c(C)c1. The highest BCUT2D eigenvalue weighted by atomic mass is 16.6. The zero-order valence-corrected chi connectivity index (χ0v) is 11.8. The molecule has 0 saturated carbocycles. The summed E-state index contributed by atoms with van der Waals surface area (Å²) in [6.45, 7) is 10.0. The number of hydrogen-bond acceptors (Lipinski definition) is 2. The molecule has 0 N–H and O–H groups in total. The maximum atomic E-state index is 11.1. The lowest BCUT2D eigenvalue weighted by Gasteiger charge is -2.08. The summed E-state index contributed by atoms with van der Waals surface area (Å²) in [5.74, 6) is 0.285. The van der Waals surface area contributed by atoms with Crippen molar-refractivity contribution in [2.45, 2.75) is 41.0 Å². The Labute approximate surface area is 109 Å². The number of nitrogens with zero attached hydrogens (tertiary/aromatic N) is 1. The second-order valence-electron chi connectivity index (χ2n) is 5.30. The molecule has 1 rings (SSSR count). The van der Waals surface area contributed by atoms with Gasteiger partial charge in [-0.2, -0.15) is 0 Å². The summed E-state index contributed by atoms with van der Waals surface area (Å²) in [5, 5.41) is 11.1. The van der Waals surface area contributed by atoms with Crippen molar-refractivity contribution in [1.82, 2.24) is 0 Å². The Morgan fingerprint density at radius 3 is 2.17 bits per heavy atom. The largest absolute Gasteiger partial charge is 0.259 e. The standard InChI is InChI=1S/C15H21NO2/c1-10(2)6-14(16(17)18)9-15-12(4)7-11(3)8-13(15)5/h7-10H,6H2,1-5H3. The fourth-order valence-corrected chi connectivity index (χ4v) is 2.19. The summed E-state index contributed by atoms with van der Waals surface area (Å²) in [5.41, 5.74) is 4.65. The number of nitro groups is 1. The zero-order valence-electron chi connectivity index (χ0n) is 11.8. The minimum Gasteiger partial charge on any atom is -0.259 e. The number of aryl methyl sites for hydroxylation is 3. The highest BCUT2D eigenvalue weighted by Crippen LogP contribution is 2.22. The second-order valence-corrected chi connectivity index (χ2v) is 5.30. The van der Waals surface area contributed by atoms with Gasteiger partial charge in [-0.3, -0.25) is 10.1 Å². The summed E-state index contributed by atoms with van der Waals surface area (Å²) in [7, 11) is 0. The van der Waals surface area contributed by atoms with Crippen LogP contribution in [0.15, 0.2) is 17.8 Å². The van der Waals surface area contributed by atoms with E-state index in [2.05, 4.69) is 12.1 Å². The van der Waals surface area contributed by atoms with Crippen molar-refractivity contribution in [3.63, 3.8) is 0 Å². The maximum Gasteiger partial charge on any atom is 0.247 e. The van der Waals surface area contributed by atoms with Gasteiger partial charge >= 0.3 is 0 Å². The van der Waals surface area contributed by atoms with Crippen LogP contribution in [0, 0.1) is 36.8 Å². The van der Waals surface area contributed by atoms with Crippen LogP contribution in [0.4, 0.5) is 0 Å². The molecule has 0 amide bonds. The van der Waals surface area contributed by atoms with Crippen LogP contribution in [-0.4, -0.2) is 4.92 Å². The highest BCUT2D eigenvalue weighted by molar-refractivity contribution is 5.59. The first kappa shape index (κ1) is 14.4. The van der Waals surface area contributed by atoms with Crippen LogP contribution >= 0.6 is 0 Å². The average Bonchev–Trinajstić information content (AvgIpc) is 2.20. The molecule has 1 aromatic rings. The van der Waals surface area contributed by atoms with Crippen molar-refractivity contribution in [1.29, 1.82) is 0 Å². The first-order valence-electron chi connectivity index (χ1n) is 6.24. The predicted molar refractivity (Wildman–Crippen MR) is 75.1 cm³/mol. The molecule has 0 aliphatic rings. The van der Waals surface area contributed by atoms with Gasteiger partial charge in [0.2, 0.25) is 5.70 Å². The monoisotopic (exact) mass is 247 g/mol. The van der Waals surface area contributed by atoms with Crippen molar-refractivity contribution in [3.8, 4) is 0 Å². The first-order chi connectivity index (χ1) is 8.31. The quantitative estimate of drug-likeness (QED) is 0.589. The van der Waals surface area contributed by atoms with Crippen molar-refractivity contribution in [2.24, 2.45) is 5.92 Å². The Bertz CT molecular complexity index is 464. The average molecular weight is 247 g/mol. The molecule has 0 fully saturated rings. The lowest BCUT2D eigenvalue weighted by atomic mass is 9.97. The minimum absolute atomic E-state index is 0.265. The minimum atomic E-state index is -0.265. The first-order valence-corrected chi connectivity index (χ1v) is 6.24. The number of rotatable bonds is 4. The fraction of sp³-hybridized carbons (Fsp3) is 0.467. The summed E-state index contributed by atoms with van der Waals surface area (Å²) in [6, 6.07) is 4.12. The number of benzene rings is 1. The summed E-state index contributed by atoms with van der Waals surface area (Å²) >= 11 is 0. The van der Waals surface area contributed by atoms with Crippen LogP contribution < -0.4 is 0 Å². The van der Waals surface area contributed by atoms with Crippen LogP contribution in [0.25, 0.3) is 6.08 Å². The van der Waals surface area contributed by atoms with Gasteiger partial charge in [0.25, 0.3) is 0 Å². The molecule has 0 bridgehead atoms. The zero-order chi connectivity index (χ0) is 13.9. The van der Waals surface area contributed by atoms with E-state index in [-0.39, 0.29) is 10.8 Å². The van der Waals surface area contributed by atoms with E-state index in [0.717, 1.165) is 16.7 Å². The van der Waals surface area contributed by atoms with Gasteiger partial charge in [0.1, 0.15) is 0 Å². The van der Waals surface area contributed by atoms with Crippen LogP contribution in [0.1, 0.15) is 42.5 Å². The summed E-state index contributed by atoms with van der Waals surface area (Å²) < 4.78 is 0. The van der Waals surface area contributed by atoms with Gasteiger partial charge < -0.3 is 0 Å². The van der Waals surface area contributed by atoms with Gasteiger partial charge in [-0.25, -0.2) is 0 Å². The Morgan fingerprint density at radius 2 is 1.78 bits per heavy atom. The van der Waals surface area contributed by atoms with E-state index >= 15 is 0 Å².